The zero-order chi connectivity index (χ0) is 19.9. The molecule has 4 rings (SSSR count). The van der Waals surface area contributed by atoms with E-state index in [0.29, 0.717) is 23.5 Å². The Bertz CT molecular complexity index is 992. The van der Waals surface area contributed by atoms with Crippen LogP contribution in [-0.2, 0) is 5.54 Å². The van der Waals surface area contributed by atoms with Gasteiger partial charge in [0.05, 0.1) is 16.6 Å². The van der Waals surface area contributed by atoms with E-state index in [1.807, 2.05) is 4.68 Å². The Morgan fingerprint density at radius 1 is 1.11 bits per heavy atom. The summed E-state index contributed by atoms with van der Waals surface area (Å²) >= 11 is 0. The van der Waals surface area contributed by atoms with Gasteiger partial charge in [0.15, 0.2) is 5.65 Å². The van der Waals surface area contributed by atoms with Gasteiger partial charge in [0.2, 0.25) is 5.95 Å². The molecule has 3 N–H and O–H groups in total. The molecule has 1 aliphatic carbocycles. The van der Waals surface area contributed by atoms with Gasteiger partial charge in [-0.2, -0.15) is 4.98 Å². The predicted molar refractivity (Wildman–Crippen MR) is 115 cm³/mol. The van der Waals surface area contributed by atoms with Crippen LogP contribution in [-0.4, -0.2) is 25.8 Å². The molecule has 3 aromatic rings. The van der Waals surface area contributed by atoms with E-state index in [1.54, 1.807) is 0 Å². The number of hydrogen-bond acceptors (Lipinski definition) is 5. The quantitative estimate of drug-likeness (QED) is 0.678. The third-order valence-corrected chi connectivity index (χ3v) is 5.43. The Kier molecular flexibility index (Phi) is 4.73. The molecule has 0 atom stereocenters. The molecule has 0 saturated heterocycles. The van der Waals surface area contributed by atoms with Gasteiger partial charge in [-0.05, 0) is 46.6 Å². The molecule has 1 saturated carbocycles. The maximum absolute atomic E-state index is 6.54. The van der Waals surface area contributed by atoms with Crippen LogP contribution in [0.15, 0.2) is 24.3 Å². The molecular formula is C22H30N6. The van der Waals surface area contributed by atoms with Crippen molar-refractivity contribution in [2.24, 2.45) is 0 Å². The lowest BCUT2D eigenvalue weighted by Gasteiger charge is -2.22. The molecular weight excluding hydrogens is 348 g/mol. The lowest BCUT2D eigenvalue weighted by Crippen LogP contribution is -2.24. The Balaban J connectivity index is 1.88. The molecule has 2 aromatic heterocycles. The fraction of sp³-hybridized carbons (Fsp3) is 0.500. The number of nitrogens with one attached hydrogen (secondary N) is 1. The van der Waals surface area contributed by atoms with Crippen LogP contribution in [0.1, 0.15) is 58.4 Å². The SMILES string of the molecule is Cc1cccc(-c2nc(NC3CCCCC3)nc3nn(C(C)(C)C)c(N)c23)c1. The molecule has 148 valence electrons. The van der Waals surface area contributed by atoms with Gasteiger partial charge < -0.3 is 11.1 Å². The van der Waals surface area contributed by atoms with Crippen LogP contribution in [0.3, 0.4) is 0 Å². The number of benzene rings is 1. The summed E-state index contributed by atoms with van der Waals surface area (Å²) in [6.07, 6.45) is 6.17. The minimum absolute atomic E-state index is 0.231. The first-order valence-electron chi connectivity index (χ1n) is 10.2. The fourth-order valence-electron chi connectivity index (χ4n) is 4.02. The van der Waals surface area contributed by atoms with E-state index in [1.165, 1.54) is 37.7 Å². The fourth-order valence-corrected chi connectivity index (χ4v) is 4.02. The molecule has 6 nitrogen and oxygen atoms in total. The molecule has 1 aromatic carbocycles. The van der Waals surface area contributed by atoms with Crippen LogP contribution >= 0.6 is 0 Å². The maximum atomic E-state index is 6.54. The summed E-state index contributed by atoms with van der Waals surface area (Å²) in [5.41, 5.74) is 10.0. The first-order valence-corrected chi connectivity index (χ1v) is 10.2. The summed E-state index contributed by atoms with van der Waals surface area (Å²) < 4.78 is 1.86. The van der Waals surface area contributed by atoms with Crippen molar-refractivity contribution in [2.45, 2.75) is 71.4 Å². The number of rotatable bonds is 3. The third kappa shape index (κ3) is 3.55. The number of aromatic nitrogens is 4. The normalized spacial score (nSPS) is 15.9. The van der Waals surface area contributed by atoms with Gasteiger partial charge in [-0.3, -0.25) is 0 Å². The summed E-state index contributed by atoms with van der Waals surface area (Å²) in [4.78, 5) is 9.65. The monoisotopic (exact) mass is 378 g/mol. The lowest BCUT2D eigenvalue weighted by atomic mass is 9.96. The lowest BCUT2D eigenvalue weighted by molar-refractivity contribution is 0.364. The zero-order valence-corrected chi connectivity index (χ0v) is 17.3. The number of nitrogen functional groups attached to an aromatic ring is 1. The van der Waals surface area contributed by atoms with E-state index < -0.39 is 0 Å². The van der Waals surface area contributed by atoms with Gasteiger partial charge >= 0.3 is 0 Å². The van der Waals surface area contributed by atoms with Crippen molar-refractivity contribution < 1.29 is 0 Å². The molecule has 6 heteroatoms. The van der Waals surface area contributed by atoms with Crippen LogP contribution < -0.4 is 11.1 Å². The number of aryl methyl sites for hydroxylation is 1. The second-order valence-corrected chi connectivity index (χ2v) is 8.91. The van der Waals surface area contributed by atoms with E-state index >= 15 is 0 Å². The molecule has 0 radical (unpaired) electrons. The smallest absolute Gasteiger partial charge is 0.225 e. The van der Waals surface area contributed by atoms with Crippen molar-refractivity contribution >= 4 is 22.8 Å². The van der Waals surface area contributed by atoms with Crippen molar-refractivity contribution in [1.82, 2.24) is 19.7 Å². The summed E-state index contributed by atoms with van der Waals surface area (Å²) in [6.45, 7) is 8.37. The van der Waals surface area contributed by atoms with Crippen molar-refractivity contribution in [3.63, 3.8) is 0 Å². The minimum atomic E-state index is -0.231. The molecule has 0 bridgehead atoms. The molecule has 0 amide bonds. The third-order valence-electron chi connectivity index (χ3n) is 5.43. The standard InChI is InChI=1S/C22H30N6/c1-14-9-8-10-15(13-14)18-17-19(23)28(22(2,3)4)27-20(17)26-21(25-18)24-16-11-6-5-7-12-16/h8-10,13,16H,5-7,11-12,23H2,1-4H3,(H,24,26,27). The number of nitrogens with zero attached hydrogens (tertiary/aromatic N) is 4. The minimum Gasteiger partial charge on any atom is -0.383 e. The average molecular weight is 379 g/mol. The largest absolute Gasteiger partial charge is 0.383 e. The highest BCUT2D eigenvalue weighted by Gasteiger charge is 2.25. The van der Waals surface area contributed by atoms with E-state index in [2.05, 4.69) is 57.3 Å². The van der Waals surface area contributed by atoms with Gasteiger partial charge in [-0.25, -0.2) is 9.67 Å². The maximum Gasteiger partial charge on any atom is 0.225 e. The van der Waals surface area contributed by atoms with Crippen LogP contribution in [0.5, 0.6) is 0 Å². The predicted octanol–water partition coefficient (Wildman–Crippen LogP) is 4.88. The Labute approximate surface area is 166 Å². The van der Waals surface area contributed by atoms with Gasteiger partial charge in [0.25, 0.3) is 0 Å². The first kappa shape index (κ1) is 18.7. The van der Waals surface area contributed by atoms with E-state index in [9.17, 15) is 0 Å². The van der Waals surface area contributed by atoms with Gasteiger partial charge in [0, 0.05) is 11.6 Å². The second-order valence-electron chi connectivity index (χ2n) is 8.91. The Morgan fingerprint density at radius 2 is 1.86 bits per heavy atom. The highest BCUT2D eigenvalue weighted by molar-refractivity contribution is 5.99. The molecule has 28 heavy (non-hydrogen) atoms. The zero-order valence-electron chi connectivity index (χ0n) is 17.3. The molecule has 1 aliphatic rings. The summed E-state index contributed by atoms with van der Waals surface area (Å²) in [7, 11) is 0. The van der Waals surface area contributed by atoms with E-state index in [4.69, 9.17) is 20.8 Å². The van der Waals surface area contributed by atoms with Gasteiger partial charge in [-0.1, -0.05) is 43.0 Å². The van der Waals surface area contributed by atoms with Crippen LogP contribution in [0.25, 0.3) is 22.3 Å². The number of nitrogens with two attached hydrogens (primary N) is 1. The average Bonchev–Trinajstić information content (AvgIpc) is 2.99. The van der Waals surface area contributed by atoms with Crippen molar-refractivity contribution in [3.8, 4) is 11.3 Å². The number of hydrogen-bond donors (Lipinski definition) is 2. The van der Waals surface area contributed by atoms with E-state index in [0.717, 1.165) is 16.6 Å². The van der Waals surface area contributed by atoms with Crippen molar-refractivity contribution in [3.05, 3.63) is 29.8 Å². The molecule has 0 unspecified atom stereocenters. The highest BCUT2D eigenvalue weighted by atomic mass is 15.4. The van der Waals surface area contributed by atoms with Crippen LogP contribution in [0.2, 0.25) is 0 Å². The molecule has 2 heterocycles. The van der Waals surface area contributed by atoms with Crippen molar-refractivity contribution in [2.75, 3.05) is 11.1 Å². The van der Waals surface area contributed by atoms with Gasteiger partial charge in [-0.15, -0.1) is 5.10 Å². The summed E-state index contributed by atoms with van der Waals surface area (Å²) in [5, 5.41) is 9.13. The first-order chi connectivity index (χ1) is 13.3. The number of anilines is 2. The Hall–Kier alpha value is -2.63. The molecule has 1 fully saturated rings. The number of fused-ring (bicyclic) bond motifs is 1. The summed E-state index contributed by atoms with van der Waals surface area (Å²) in [5.74, 6) is 1.26. The highest BCUT2D eigenvalue weighted by Crippen LogP contribution is 2.34. The Morgan fingerprint density at radius 3 is 2.54 bits per heavy atom. The van der Waals surface area contributed by atoms with Crippen LogP contribution in [0, 0.1) is 6.92 Å². The van der Waals surface area contributed by atoms with Crippen molar-refractivity contribution in [1.29, 1.82) is 0 Å². The summed E-state index contributed by atoms with van der Waals surface area (Å²) in [6, 6.07) is 8.79. The second kappa shape index (κ2) is 7.08. The topological polar surface area (TPSA) is 81.7 Å². The molecule has 0 aliphatic heterocycles. The van der Waals surface area contributed by atoms with E-state index in [-0.39, 0.29) is 5.54 Å². The molecule has 0 spiro atoms. The van der Waals surface area contributed by atoms with Crippen LogP contribution in [0.4, 0.5) is 11.8 Å². The van der Waals surface area contributed by atoms with Gasteiger partial charge in [0.1, 0.15) is 5.82 Å².